The molecule has 2 aromatic rings. The van der Waals surface area contributed by atoms with E-state index in [1.54, 1.807) is 38.5 Å². The minimum Gasteiger partial charge on any atom is -0.497 e. The van der Waals surface area contributed by atoms with Gasteiger partial charge in [-0.05, 0) is 23.8 Å². The van der Waals surface area contributed by atoms with Crippen LogP contribution in [-0.2, 0) is 11.2 Å². The number of hydrogen-bond acceptors (Lipinski definition) is 3. The van der Waals surface area contributed by atoms with Gasteiger partial charge >= 0.3 is 0 Å². The highest BCUT2D eigenvalue weighted by Crippen LogP contribution is 2.29. The van der Waals surface area contributed by atoms with Gasteiger partial charge in [0.2, 0.25) is 5.91 Å². The number of methoxy groups -OCH3 is 2. The molecule has 0 fully saturated rings. The standard InChI is InChI=1S/C16H16ClNO3/c1-20-12-7-8-14(15(10-12)21-2)18-16(19)9-11-5-3-4-6-13(11)17/h3-8,10H,9H2,1-2H3,(H,18,19). The van der Waals surface area contributed by atoms with E-state index >= 15 is 0 Å². The number of carbonyl (C=O) groups is 1. The summed E-state index contributed by atoms with van der Waals surface area (Å²) in [6, 6.07) is 12.5. The number of rotatable bonds is 5. The van der Waals surface area contributed by atoms with Gasteiger partial charge in [0, 0.05) is 11.1 Å². The molecule has 0 aliphatic rings. The molecule has 0 radical (unpaired) electrons. The molecule has 110 valence electrons. The molecule has 0 unspecified atom stereocenters. The number of hydrogen-bond donors (Lipinski definition) is 1. The fourth-order valence-corrected chi connectivity index (χ4v) is 2.11. The Bertz CT molecular complexity index is 643. The largest absolute Gasteiger partial charge is 0.497 e. The minimum absolute atomic E-state index is 0.161. The zero-order valence-electron chi connectivity index (χ0n) is 11.9. The lowest BCUT2D eigenvalue weighted by molar-refractivity contribution is -0.115. The summed E-state index contributed by atoms with van der Waals surface area (Å²) in [6.07, 6.45) is 0.203. The van der Waals surface area contributed by atoms with Gasteiger partial charge < -0.3 is 14.8 Å². The van der Waals surface area contributed by atoms with Crippen molar-refractivity contribution < 1.29 is 14.3 Å². The van der Waals surface area contributed by atoms with Crippen LogP contribution in [0.25, 0.3) is 0 Å². The molecule has 0 saturated carbocycles. The predicted octanol–water partition coefficient (Wildman–Crippen LogP) is 3.54. The van der Waals surface area contributed by atoms with E-state index in [1.807, 2.05) is 18.2 Å². The SMILES string of the molecule is COc1ccc(NC(=O)Cc2ccccc2Cl)c(OC)c1. The molecule has 0 aromatic heterocycles. The Morgan fingerprint density at radius 2 is 1.90 bits per heavy atom. The molecule has 0 spiro atoms. The second kappa shape index (κ2) is 6.99. The van der Waals surface area contributed by atoms with Gasteiger partial charge in [0.25, 0.3) is 0 Å². The van der Waals surface area contributed by atoms with E-state index in [0.717, 1.165) is 5.56 Å². The minimum atomic E-state index is -0.161. The highest BCUT2D eigenvalue weighted by molar-refractivity contribution is 6.31. The van der Waals surface area contributed by atoms with Gasteiger partial charge in [-0.3, -0.25) is 4.79 Å². The lowest BCUT2D eigenvalue weighted by atomic mass is 10.1. The number of amides is 1. The van der Waals surface area contributed by atoms with Crippen molar-refractivity contribution in [1.82, 2.24) is 0 Å². The normalized spacial score (nSPS) is 10.0. The summed E-state index contributed by atoms with van der Waals surface area (Å²) in [7, 11) is 3.11. The first-order valence-corrected chi connectivity index (χ1v) is 6.77. The van der Waals surface area contributed by atoms with Crippen LogP contribution in [0.4, 0.5) is 5.69 Å². The molecule has 5 heteroatoms. The zero-order valence-corrected chi connectivity index (χ0v) is 12.6. The third-order valence-corrected chi connectivity index (χ3v) is 3.36. The van der Waals surface area contributed by atoms with Crippen molar-refractivity contribution >= 4 is 23.2 Å². The zero-order chi connectivity index (χ0) is 15.2. The maximum Gasteiger partial charge on any atom is 0.228 e. The average Bonchev–Trinajstić information content (AvgIpc) is 2.50. The third kappa shape index (κ3) is 3.89. The molecule has 2 rings (SSSR count). The van der Waals surface area contributed by atoms with Crippen molar-refractivity contribution in [1.29, 1.82) is 0 Å². The highest BCUT2D eigenvalue weighted by Gasteiger charge is 2.11. The molecule has 0 atom stereocenters. The molecule has 0 saturated heterocycles. The van der Waals surface area contributed by atoms with Crippen LogP contribution in [0, 0.1) is 0 Å². The van der Waals surface area contributed by atoms with Gasteiger partial charge in [-0.2, -0.15) is 0 Å². The van der Waals surface area contributed by atoms with Crippen LogP contribution in [0.2, 0.25) is 5.02 Å². The molecule has 21 heavy (non-hydrogen) atoms. The van der Waals surface area contributed by atoms with Crippen molar-refractivity contribution in [2.75, 3.05) is 19.5 Å². The highest BCUT2D eigenvalue weighted by atomic mass is 35.5. The lowest BCUT2D eigenvalue weighted by Crippen LogP contribution is -2.15. The first kappa shape index (κ1) is 15.2. The van der Waals surface area contributed by atoms with E-state index < -0.39 is 0 Å². The summed E-state index contributed by atoms with van der Waals surface area (Å²) in [4.78, 5) is 12.1. The summed E-state index contributed by atoms with van der Waals surface area (Å²) in [5, 5.41) is 3.39. The Morgan fingerprint density at radius 3 is 2.57 bits per heavy atom. The van der Waals surface area contributed by atoms with Gasteiger partial charge in [0.1, 0.15) is 11.5 Å². The molecule has 0 heterocycles. The second-order valence-corrected chi connectivity index (χ2v) is 4.79. The second-order valence-electron chi connectivity index (χ2n) is 4.38. The van der Waals surface area contributed by atoms with Gasteiger partial charge in [-0.25, -0.2) is 0 Å². The summed E-state index contributed by atoms with van der Waals surface area (Å²) in [6.45, 7) is 0. The first-order chi connectivity index (χ1) is 10.1. The van der Waals surface area contributed by atoms with Crippen molar-refractivity contribution in [2.24, 2.45) is 0 Å². The van der Waals surface area contributed by atoms with Crippen LogP contribution in [0.1, 0.15) is 5.56 Å². The maximum absolute atomic E-state index is 12.1. The number of benzene rings is 2. The van der Waals surface area contributed by atoms with Gasteiger partial charge in [0.15, 0.2) is 0 Å². The van der Waals surface area contributed by atoms with Gasteiger partial charge in [-0.15, -0.1) is 0 Å². The van der Waals surface area contributed by atoms with E-state index in [-0.39, 0.29) is 12.3 Å². The van der Waals surface area contributed by atoms with Crippen LogP contribution in [0.15, 0.2) is 42.5 Å². The predicted molar refractivity (Wildman–Crippen MR) is 83.3 cm³/mol. The van der Waals surface area contributed by atoms with Crippen molar-refractivity contribution in [3.63, 3.8) is 0 Å². The molecular weight excluding hydrogens is 290 g/mol. The summed E-state index contributed by atoms with van der Waals surface area (Å²) in [5.74, 6) is 1.05. The summed E-state index contributed by atoms with van der Waals surface area (Å²) < 4.78 is 10.4. The van der Waals surface area contributed by atoms with Crippen LogP contribution < -0.4 is 14.8 Å². The fourth-order valence-electron chi connectivity index (χ4n) is 1.91. The smallest absolute Gasteiger partial charge is 0.228 e. The number of anilines is 1. The van der Waals surface area contributed by atoms with Crippen molar-refractivity contribution in [3.8, 4) is 11.5 Å². The van der Waals surface area contributed by atoms with E-state index in [9.17, 15) is 4.79 Å². The summed E-state index contributed by atoms with van der Waals surface area (Å²) >= 11 is 6.05. The molecule has 2 aromatic carbocycles. The van der Waals surface area contributed by atoms with E-state index in [0.29, 0.717) is 22.2 Å². The Balaban J connectivity index is 2.11. The third-order valence-electron chi connectivity index (χ3n) is 2.99. The van der Waals surface area contributed by atoms with Crippen LogP contribution in [0.5, 0.6) is 11.5 Å². The molecule has 1 N–H and O–H groups in total. The van der Waals surface area contributed by atoms with Gasteiger partial charge in [0.05, 0.1) is 26.3 Å². The number of nitrogens with one attached hydrogen (secondary N) is 1. The van der Waals surface area contributed by atoms with Gasteiger partial charge in [-0.1, -0.05) is 29.8 Å². The van der Waals surface area contributed by atoms with Crippen LogP contribution in [0.3, 0.4) is 0 Å². The topological polar surface area (TPSA) is 47.6 Å². The Morgan fingerprint density at radius 1 is 1.14 bits per heavy atom. The molecule has 0 aliphatic heterocycles. The lowest BCUT2D eigenvalue weighted by Gasteiger charge is -2.12. The van der Waals surface area contributed by atoms with Crippen LogP contribution >= 0.6 is 11.6 Å². The van der Waals surface area contributed by atoms with E-state index in [4.69, 9.17) is 21.1 Å². The molecular formula is C16H16ClNO3. The molecule has 1 amide bonds. The Labute approximate surface area is 128 Å². The fraction of sp³-hybridized carbons (Fsp3) is 0.188. The quantitative estimate of drug-likeness (QED) is 0.919. The molecule has 0 bridgehead atoms. The van der Waals surface area contributed by atoms with Crippen molar-refractivity contribution in [2.45, 2.75) is 6.42 Å². The Hall–Kier alpha value is -2.20. The first-order valence-electron chi connectivity index (χ1n) is 6.39. The summed E-state index contributed by atoms with van der Waals surface area (Å²) in [5.41, 5.74) is 1.37. The van der Waals surface area contributed by atoms with Crippen LogP contribution in [-0.4, -0.2) is 20.1 Å². The Kier molecular flexibility index (Phi) is 5.06. The monoisotopic (exact) mass is 305 g/mol. The number of carbonyl (C=O) groups excluding carboxylic acids is 1. The molecule has 0 aliphatic carbocycles. The molecule has 4 nitrogen and oxygen atoms in total. The average molecular weight is 306 g/mol. The number of halogens is 1. The number of ether oxygens (including phenoxy) is 2. The van der Waals surface area contributed by atoms with E-state index in [2.05, 4.69) is 5.32 Å². The van der Waals surface area contributed by atoms with Crippen molar-refractivity contribution in [3.05, 3.63) is 53.1 Å². The van der Waals surface area contributed by atoms with E-state index in [1.165, 1.54) is 0 Å². The maximum atomic E-state index is 12.1.